The molecule has 6 nitrogen and oxygen atoms in total. The summed E-state index contributed by atoms with van der Waals surface area (Å²) in [5, 5.41) is 2.81. The second-order valence-electron chi connectivity index (χ2n) is 5.21. The Balaban J connectivity index is 1.92. The first-order chi connectivity index (χ1) is 10.3. The number of hydrazine groups is 2. The third-order valence-corrected chi connectivity index (χ3v) is 3.72. The fourth-order valence-corrected chi connectivity index (χ4v) is 2.65. The number of anilines is 1. The number of pyridine rings is 1. The Morgan fingerprint density at radius 1 is 1.19 bits per heavy atom. The fourth-order valence-electron chi connectivity index (χ4n) is 2.65. The van der Waals surface area contributed by atoms with Crippen LogP contribution in [0.3, 0.4) is 0 Å². The lowest BCUT2D eigenvalue weighted by Gasteiger charge is -2.27. The molecule has 21 heavy (non-hydrogen) atoms. The van der Waals surface area contributed by atoms with Gasteiger partial charge in [-0.15, -0.1) is 0 Å². The predicted octanol–water partition coefficient (Wildman–Crippen LogP) is 1.65. The zero-order valence-corrected chi connectivity index (χ0v) is 11.8. The number of para-hydroxylation sites is 1. The molecule has 0 atom stereocenters. The van der Waals surface area contributed by atoms with E-state index in [0.717, 1.165) is 36.8 Å². The van der Waals surface area contributed by atoms with Gasteiger partial charge in [0.1, 0.15) is 5.82 Å². The Morgan fingerprint density at radius 3 is 2.71 bits per heavy atom. The molecular weight excluding hydrogens is 266 g/mol. The van der Waals surface area contributed by atoms with E-state index in [1.807, 2.05) is 29.3 Å². The van der Waals surface area contributed by atoms with Crippen LogP contribution in [0.15, 0.2) is 30.3 Å². The summed E-state index contributed by atoms with van der Waals surface area (Å²) in [5.74, 6) is 5.80. The van der Waals surface area contributed by atoms with Crippen molar-refractivity contribution in [2.75, 3.05) is 18.5 Å². The van der Waals surface area contributed by atoms with Crippen molar-refractivity contribution < 1.29 is 4.79 Å². The lowest BCUT2D eigenvalue weighted by atomic mass is 10.1. The van der Waals surface area contributed by atoms with Gasteiger partial charge in [-0.25, -0.2) is 15.8 Å². The van der Waals surface area contributed by atoms with Crippen LogP contribution in [0.4, 0.5) is 5.82 Å². The molecule has 0 radical (unpaired) electrons. The van der Waals surface area contributed by atoms with Crippen LogP contribution >= 0.6 is 0 Å². The average molecular weight is 285 g/mol. The molecule has 3 rings (SSSR count). The average Bonchev–Trinajstić information content (AvgIpc) is 2.54. The molecule has 1 aliphatic heterocycles. The van der Waals surface area contributed by atoms with Gasteiger partial charge in [-0.1, -0.05) is 24.6 Å². The number of carbonyl (C=O) groups excluding carboxylic acids is 1. The topological polar surface area (TPSA) is 83.3 Å². The Bertz CT molecular complexity index is 652. The molecule has 6 heteroatoms. The molecule has 0 spiro atoms. The number of piperidine rings is 1. The van der Waals surface area contributed by atoms with E-state index >= 15 is 0 Å². The van der Waals surface area contributed by atoms with Gasteiger partial charge in [-0.2, -0.15) is 0 Å². The van der Waals surface area contributed by atoms with Crippen molar-refractivity contribution in [3.05, 3.63) is 35.9 Å². The molecule has 0 bridgehead atoms. The number of benzene rings is 1. The van der Waals surface area contributed by atoms with Crippen LogP contribution < -0.4 is 16.7 Å². The first-order valence-electron chi connectivity index (χ1n) is 7.20. The Hall–Kier alpha value is -2.18. The number of fused-ring (bicyclic) bond motifs is 1. The molecule has 1 aromatic heterocycles. The van der Waals surface area contributed by atoms with Crippen molar-refractivity contribution in [2.24, 2.45) is 5.84 Å². The van der Waals surface area contributed by atoms with Crippen LogP contribution in [0.1, 0.15) is 29.6 Å². The highest BCUT2D eigenvalue weighted by Crippen LogP contribution is 2.20. The summed E-state index contributed by atoms with van der Waals surface area (Å²) < 4.78 is 0. The summed E-state index contributed by atoms with van der Waals surface area (Å²) in [6.45, 7) is 1.80. The van der Waals surface area contributed by atoms with Gasteiger partial charge in [-0.3, -0.25) is 10.2 Å². The first-order valence-corrected chi connectivity index (χ1v) is 7.20. The number of rotatable bonds is 3. The Labute approximate surface area is 123 Å². The molecule has 2 aromatic rings. The molecule has 110 valence electrons. The Morgan fingerprint density at radius 2 is 1.95 bits per heavy atom. The highest BCUT2D eigenvalue weighted by molar-refractivity contribution is 6.06. The molecule has 1 saturated heterocycles. The minimum atomic E-state index is -0.119. The number of amides is 1. The number of hydrogen-bond acceptors (Lipinski definition) is 5. The molecular formula is C15H19N5O. The predicted molar refractivity (Wildman–Crippen MR) is 82.4 cm³/mol. The zero-order chi connectivity index (χ0) is 14.7. The minimum Gasteiger partial charge on any atom is -0.308 e. The SMILES string of the molecule is NNc1cc(C(=O)NN2CCCCC2)c2ccccc2n1. The molecule has 4 N–H and O–H groups in total. The molecule has 1 fully saturated rings. The molecule has 1 aromatic carbocycles. The van der Waals surface area contributed by atoms with Crippen molar-refractivity contribution in [3.8, 4) is 0 Å². The maximum absolute atomic E-state index is 12.5. The smallest absolute Gasteiger partial charge is 0.266 e. The largest absolute Gasteiger partial charge is 0.308 e. The number of nitrogens with zero attached hydrogens (tertiary/aromatic N) is 2. The monoisotopic (exact) mass is 285 g/mol. The standard InChI is InChI=1S/C15H19N5O/c16-18-14-10-12(11-6-2-3-7-13(11)17-14)15(21)19-20-8-4-1-5-9-20/h2-3,6-7,10H,1,4-5,8-9,16H2,(H,17,18)(H,19,21). The van der Waals surface area contributed by atoms with E-state index in [4.69, 9.17) is 5.84 Å². The van der Waals surface area contributed by atoms with Gasteiger partial charge in [0.15, 0.2) is 0 Å². The van der Waals surface area contributed by atoms with Gasteiger partial charge in [0.05, 0.1) is 11.1 Å². The quantitative estimate of drug-likeness (QED) is 0.590. The molecule has 1 aliphatic rings. The fraction of sp³-hybridized carbons (Fsp3) is 0.333. The van der Waals surface area contributed by atoms with E-state index < -0.39 is 0 Å². The number of nitrogen functional groups attached to an aromatic ring is 1. The van der Waals surface area contributed by atoms with Gasteiger partial charge in [0.2, 0.25) is 0 Å². The summed E-state index contributed by atoms with van der Waals surface area (Å²) in [6.07, 6.45) is 3.46. The number of aromatic nitrogens is 1. The van der Waals surface area contributed by atoms with Gasteiger partial charge >= 0.3 is 0 Å². The minimum absolute atomic E-state index is 0.119. The van der Waals surface area contributed by atoms with E-state index in [1.165, 1.54) is 6.42 Å². The highest BCUT2D eigenvalue weighted by atomic mass is 16.2. The number of hydrogen-bond donors (Lipinski definition) is 3. The van der Waals surface area contributed by atoms with Gasteiger partial charge in [-0.05, 0) is 25.0 Å². The molecule has 2 heterocycles. The number of carbonyl (C=O) groups is 1. The maximum atomic E-state index is 12.5. The van der Waals surface area contributed by atoms with E-state index in [0.29, 0.717) is 11.4 Å². The van der Waals surface area contributed by atoms with E-state index in [9.17, 15) is 4.79 Å². The van der Waals surface area contributed by atoms with E-state index in [-0.39, 0.29) is 5.91 Å². The van der Waals surface area contributed by atoms with Crippen LogP contribution in [-0.2, 0) is 0 Å². The lowest BCUT2D eigenvalue weighted by Crippen LogP contribution is -2.45. The summed E-state index contributed by atoms with van der Waals surface area (Å²) in [7, 11) is 0. The molecule has 0 saturated carbocycles. The Kier molecular flexibility index (Phi) is 3.98. The summed E-state index contributed by atoms with van der Waals surface area (Å²) in [6, 6.07) is 9.24. The molecule has 0 unspecified atom stereocenters. The van der Waals surface area contributed by atoms with Crippen molar-refractivity contribution in [1.82, 2.24) is 15.4 Å². The summed E-state index contributed by atoms with van der Waals surface area (Å²) in [4.78, 5) is 16.9. The van der Waals surface area contributed by atoms with Gasteiger partial charge < -0.3 is 5.43 Å². The third-order valence-electron chi connectivity index (χ3n) is 3.72. The van der Waals surface area contributed by atoms with E-state index in [2.05, 4.69) is 15.8 Å². The van der Waals surface area contributed by atoms with E-state index in [1.54, 1.807) is 6.07 Å². The second kappa shape index (κ2) is 6.07. The molecule has 0 aliphatic carbocycles. The maximum Gasteiger partial charge on any atom is 0.266 e. The van der Waals surface area contributed by atoms with Crippen molar-refractivity contribution in [1.29, 1.82) is 0 Å². The zero-order valence-electron chi connectivity index (χ0n) is 11.8. The van der Waals surface area contributed by atoms with Gasteiger partial charge in [0.25, 0.3) is 5.91 Å². The summed E-state index contributed by atoms with van der Waals surface area (Å²) >= 11 is 0. The lowest BCUT2D eigenvalue weighted by molar-refractivity contribution is 0.0752. The van der Waals surface area contributed by atoms with Crippen molar-refractivity contribution >= 4 is 22.6 Å². The molecule has 1 amide bonds. The highest BCUT2D eigenvalue weighted by Gasteiger charge is 2.17. The number of nitrogens with two attached hydrogens (primary N) is 1. The van der Waals surface area contributed by atoms with Crippen LogP contribution in [0.2, 0.25) is 0 Å². The van der Waals surface area contributed by atoms with Crippen LogP contribution in [-0.4, -0.2) is 29.0 Å². The number of nitrogens with one attached hydrogen (secondary N) is 2. The van der Waals surface area contributed by atoms with Crippen LogP contribution in [0, 0.1) is 0 Å². The van der Waals surface area contributed by atoms with Crippen molar-refractivity contribution in [2.45, 2.75) is 19.3 Å². The van der Waals surface area contributed by atoms with Gasteiger partial charge in [0, 0.05) is 18.5 Å². The third kappa shape index (κ3) is 2.96. The van der Waals surface area contributed by atoms with Crippen LogP contribution in [0.25, 0.3) is 10.9 Å². The summed E-state index contributed by atoms with van der Waals surface area (Å²) in [5.41, 5.74) is 6.82. The second-order valence-corrected chi connectivity index (χ2v) is 5.21. The van der Waals surface area contributed by atoms with Crippen molar-refractivity contribution in [3.63, 3.8) is 0 Å². The van der Waals surface area contributed by atoms with Crippen LogP contribution in [0.5, 0.6) is 0 Å². The normalized spacial score (nSPS) is 15.9. The first kappa shape index (κ1) is 13.8.